The third kappa shape index (κ3) is 6.55. The molecule has 1 amide bonds. The highest BCUT2D eigenvalue weighted by Gasteiger charge is 2.51. The number of sulfonamides is 2. The van der Waals surface area contributed by atoms with Gasteiger partial charge in [-0.15, -0.1) is 0 Å². The normalized spacial score (nSPS) is 18.2. The number of ether oxygens (including phenoxy) is 2. The molecule has 1 heterocycles. The fourth-order valence-corrected chi connectivity index (χ4v) is 7.55. The van der Waals surface area contributed by atoms with Gasteiger partial charge in [-0.3, -0.25) is 9.62 Å². The molecule has 42 heavy (non-hydrogen) atoms. The summed E-state index contributed by atoms with van der Waals surface area (Å²) in [5.74, 6) is -0.908. The Morgan fingerprint density at radius 1 is 1.05 bits per heavy atom. The average molecular weight is 658 g/mol. The van der Waals surface area contributed by atoms with Crippen LogP contribution in [0.4, 0.5) is 33.7 Å². The van der Waals surface area contributed by atoms with Gasteiger partial charge in [0.2, 0.25) is 15.6 Å². The molecule has 1 atom stereocenters. The highest BCUT2D eigenvalue weighted by Crippen LogP contribution is 2.42. The number of carbonyl (C=O) groups excluding carboxylic acids is 1. The van der Waals surface area contributed by atoms with Crippen molar-refractivity contribution in [2.24, 2.45) is 0 Å². The molecule has 0 saturated heterocycles. The molecule has 4 rings (SSSR count). The van der Waals surface area contributed by atoms with Gasteiger partial charge in [0.15, 0.2) is 0 Å². The van der Waals surface area contributed by atoms with Crippen molar-refractivity contribution in [3.8, 4) is 5.75 Å². The summed E-state index contributed by atoms with van der Waals surface area (Å²) in [5, 5.41) is 1.11. The number of alkyl halides is 3. The van der Waals surface area contributed by atoms with Crippen molar-refractivity contribution in [2.45, 2.75) is 74.1 Å². The standard InChI is InChI=1S/C25H28ClF4N3O7S2/c1-23(2,32-41(35,36)15-6-7-15)21-13-33(42(37,38)16-8-9-18(27)17(26)12-16)19-11-14(5-10-20(19)39-21)31-22(34)40-24(3,4)25(28,29)30/h5,8-12,15,21,32H,6-7,13H2,1-4H3,(H,31,34). The minimum atomic E-state index is -4.86. The topological polar surface area (TPSA) is 131 Å². The molecule has 1 aliphatic carbocycles. The molecule has 2 aliphatic rings. The van der Waals surface area contributed by atoms with Crippen LogP contribution < -0.4 is 19.1 Å². The Morgan fingerprint density at radius 3 is 2.26 bits per heavy atom. The van der Waals surface area contributed by atoms with Gasteiger partial charge in [-0.25, -0.2) is 30.7 Å². The first-order valence-corrected chi connectivity index (χ1v) is 15.9. The molecule has 1 fully saturated rings. The fraction of sp³-hybridized carbons (Fsp3) is 0.480. The first kappa shape index (κ1) is 32.1. The van der Waals surface area contributed by atoms with Crippen LogP contribution in [0.2, 0.25) is 5.02 Å². The van der Waals surface area contributed by atoms with E-state index in [9.17, 15) is 39.2 Å². The van der Waals surface area contributed by atoms with Crippen LogP contribution in [0.1, 0.15) is 40.5 Å². The van der Waals surface area contributed by atoms with Gasteiger partial charge in [0.25, 0.3) is 10.0 Å². The summed E-state index contributed by atoms with van der Waals surface area (Å²) in [5.41, 5.74) is -4.42. The van der Waals surface area contributed by atoms with Crippen LogP contribution in [0.15, 0.2) is 41.3 Å². The summed E-state index contributed by atoms with van der Waals surface area (Å²) in [4.78, 5) is 11.9. The van der Waals surface area contributed by atoms with Crippen molar-refractivity contribution >= 4 is 49.1 Å². The van der Waals surface area contributed by atoms with Crippen LogP contribution in [0.25, 0.3) is 0 Å². The van der Waals surface area contributed by atoms with Gasteiger partial charge < -0.3 is 9.47 Å². The number of rotatable bonds is 8. The van der Waals surface area contributed by atoms with Crippen molar-refractivity contribution in [2.75, 3.05) is 16.2 Å². The van der Waals surface area contributed by atoms with E-state index >= 15 is 0 Å². The first-order chi connectivity index (χ1) is 19.1. The Bertz CT molecular complexity index is 1610. The Morgan fingerprint density at radius 2 is 1.69 bits per heavy atom. The van der Waals surface area contributed by atoms with E-state index in [0.717, 1.165) is 28.6 Å². The van der Waals surface area contributed by atoms with Crippen molar-refractivity contribution in [3.05, 3.63) is 47.2 Å². The maximum absolute atomic E-state index is 13.8. The summed E-state index contributed by atoms with van der Waals surface area (Å²) in [6, 6.07) is 6.38. The highest BCUT2D eigenvalue weighted by molar-refractivity contribution is 7.92. The van der Waals surface area contributed by atoms with E-state index in [-0.39, 0.29) is 17.1 Å². The fourth-order valence-electron chi connectivity index (χ4n) is 4.02. The van der Waals surface area contributed by atoms with Crippen molar-refractivity contribution in [3.63, 3.8) is 0 Å². The first-order valence-electron chi connectivity index (χ1n) is 12.5. The molecule has 232 valence electrons. The Balaban J connectivity index is 1.72. The molecule has 2 aromatic rings. The zero-order chi connectivity index (χ0) is 31.5. The lowest BCUT2D eigenvalue weighted by Gasteiger charge is -2.42. The number of anilines is 2. The van der Waals surface area contributed by atoms with Crippen LogP contribution in [-0.4, -0.2) is 58.1 Å². The summed E-state index contributed by atoms with van der Waals surface area (Å²) in [6.07, 6.45) is -6.42. The second kappa shape index (κ2) is 10.7. The average Bonchev–Trinajstić information content (AvgIpc) is 3.69. The molecule has 1 saturated carbocycles. The summed E-state index contributed by atoms with van der Waals surface area (Å²) in [7, 11) is -8.25. The molecule has 0 radical (unpaired) electrons. The molecule has 0 aromatic heterocycles. The van der Waals surface area contributed by atoms with E-state index in [0.29, 0.717) is 26.7 Å². The SMILES string of the molecule is CC(C)(NS(=O)(=O)C1CC1)C1CN(S(=O)(=O)c2ccc(F)c(Cl)c2)c2cc(NC(=O)OC(C)(C)C(F)(F)F)ccc2O1. The van der Waals surface area contributed by atoms with E-state index in [1.807, 2.05) is 0 Å². The van der Waals surface area contributed by atoms with Crippen LogP contribution in [-0.2, 0) is 24.8 Å². The van der Waals surface area contributed by atoms with Crippen LogP contribution in [0.3, 0.4) is 0 Å². The zero-order valence-electron chi connectivity index (χ0n) is 22.8. The second-order valence-corrected chi connectivity index (χ2v) is 15.2. The largest absolute Gasteiger partial charge is 0.484 e. The lowest BCUT2D eigenvalue weighted by Crippen LogP contribution is -2.60. The maximum Gasteiger partial charge on any atom is 0.427 e. The summed E-state index contributed by atoms with van der Waals surface area (Å²) >= 11 is 5.83. The number of halogens is 5. The Kier molecular flexibility index (Phi) is 8.19. The molecule has 2 N–H and O–H groups in total. The molecule has 1 aliphatic heterocycles. The molecule has 17 heteroatoms. The predicted octanol–water partition coefficient (Wildman–Crippen LogP) is 5.19. The number of fused-ring (bicyclic) bond motifs is 1. The second-order valence-electron chi connectivity index (χ2n) is 11.0. The van der Waals surface area contributed by atoms with Gasteiger partial charge >= 0.3 is 12.3 Å². The van der Waals surface area contributed by atoms with Crippen LogP contribution in [0.5, 0.6) is 5.75 Å². The quantitative estimate of drug-likeness (QED) is 0.374. The molecule has 1 unspecified atom stereocenters. The molecule has 2 aromatic carbocycles. The van der Waals surface area contributed by atoms with Crippen LogP contribution >= 0.6 is 11.6 Å². The van der Waals surface area contributed by atoms with Gasteiger partial charge in [-0.05, 0) is 76.9 Å². The Hall–Kier alpha value is -2.82. The third-order valence-corrected chi connectivity index (χ3v) is 11.0. The number of nitrogens with one attached hydrogen (secondary N) is 2. The number of hydrogen-bond donors (Lipinski definition) is 2. The predicted molar refractivity (Wildman–Crippen MR) is 146 cm³/mol. The lowest BCUT2D eigenvalue weighted by atomic mass is 9.97. The summed E-state index contributed by atoms with van der Waals surface area (Å²) in [6.45, 7) is 3.93. The third-order valence-electron chi connectivity index (χ3n) is 6.76. The Labute approximate surface area is 245 Å². The van der Waals surface area contributed by atoms with Gasteiger partial charge in [-0.2, -0.15) is 13.2 Å². The van der Waals surface area contributed by atoms with E-state index < -0.39 is 77.1 Å². The van der Waals surface area contributed by atoms with Gasteiger partial charge in [0.1, 0.15) is 17.7 Å². The van der Waals surface area contributed by atoms with E-state index in [4.69, 9.17) is 16.3 Å². The van der Waals surface area contributed by atoms with E-state index in [1.54, 1.807) is 0 Å². The number of nitrogens with zero attached hydrogens (tertiary/aromatic N) is 1. The molecular formula is C25H28ClF4N3O7S2. The molecule has 0 spiro atoms. The minimum absolute atomic E-state index is 0.0451. The molecule has 0 bridgehead atoms. The van der Waals surface area contributed by atoms with Gasteiger partial charge in [-0.1, -0.05) is 11.6 Å². The monoisotopic (exact) mass is 657 g/mol. The van der Waals surface area contributed by atoms with Crippen LogP contribution in [0, 0.1) is 5.82 Å². The summed E-state index contributed by atoms with van der Waals surface area (Å²) < 4.78 is 120. The van der Waals surface area contributed by atoms with Gasteiger partial charge in [0, 0.05) is 5.69 Å². The maximum atomic E-state index is 13.8. The van der Waals surface area contributed by atoms with Crippen molar-refractivity contribution in [1.29, 1.82) is 0 Å². The minimum Gasteiger partial charge on any atom is -0.484 e. The van der Waals surface area contributed by atoms with E-state index in [1.165, 1.54) is 26.0 Å². The molecular weight excluding hydrogens is 630 g/mol. The highest BCUT2D eigenvalue weighted by atomic mass is 35.5. The van der Waals surface area contributed by atoms with Crippen molar-refractivity contribution in [1.82, 2.24) is 4.72 Å². The number of amides is 1. The number of hydrogen-bond acceptors (Lipinski definition) is 7. The number of benzene rings is 2. The zero-order valence-corrected chi connectivity index (χ0v) is 25.1. The number of carbonyl (C=O) groups is 1. The van der Waals surface area contributed by atoms with E-state index in [2.05, 4.69) is 14.8 Å². The smallest absolute Gasteiger partial charge is 0.427 e. The lowest BCUT2D eigenvalue weighted by molar-refractivity contribution is -0.242. The van der Waals surface area contributed by atoms with Gasteiger partial charge in [0.05, 0.1) is 32.9 Å². The van der Waals surface area contributed by atoms with Crippen molar-refractivity contribution < 1.29 is 48.7 Å². The molecule has 10 nitrogen and oxygen atoms in total.